The standard InChI is InChI=1S/C21H43N9O5/c1-13(28-18(32)14(24)7-2-4-10-22)17(31)29-15(8-3-5-11-23)19(33)30-16(20(34)35)9-6-12-27-21(25)26/h13-16H,2-12,22-24H2,1H3,(H,28,32)(H,29,31)(H,30,33)(H,34,35)(H4,25,26,27)/t13-,14-,15-,16-/m0/s1. The number of carboxylic acids is 1. The second kappa shape index (κ2) is 18.4. The van der Waals surface area contributed by atoms with Gasteiger partial charge in [0.05, 0.1) is 6.04 Å². The lowest BCUT2D eigenvalue weighted by Crippen LogP contribution is -2.56. The maximum absolute atomic E-state index is 12.8. The van der Waals surface area contributed by atoms with E-state index in [4.69, 9.17) is 28.7 Å². The zero-order valence-corrected chi connectivity index (χ0v) is 20.5. The Kier molecular flexibility index (Phi) is 16.8. The van der Waals surface area contributed by atoms with Crippen LogP contribution in [-0.2, 0) is 19.2 Å². The van der Waals surface area contributed by atoms with Gasteiger partial charge in [0.2, 0.25) is 17.7 Å². The van der Waals surface area contributed by atoms with Gasteiger partial charge in [-0.25, -0.2) is 4.79 Å². The van der Waals surface area contributed by atoms with Crippen LogP contribution >= 0.6 is 0 Å². The van der Waals surface area contributed by atoms with Crippen LogP contribution in [0.15, 0.2) is 4.99 Å². The van der Waals surface area contributed by atoms with Crippen LogP contribution in [0.3, 0.4) is 0 Å². The highest BCUT2D eigenvalue weighted by atomic mass is 16.4. The number of amides is 3. The number of nitrogens with zero attached hydrogens (tertiary/aromatic N) is 1. The summed E-state index contributed by atoms with van der Waals surface area (Å²) >= 11 is 0. The van der Waals surface area contributed by atoms with Crippen LogP contribution in [0.5, 0.6) is 0 Å². The lowest BCUT2D eigenvalue weighted by atomic mass is 10.1. The van der Waals surface area contributed by atoms with Crippen molar-refractivity contribution in [2.75, 3.05) is 19.6 Å². The molecule has 14 N–H and O–H groups in total. The van der Waals surface area contributed by atoms with Crippen molar-refractivity contribution < 1.29 is 24.3 Å². The minimum Gasteiger partial charge on any atom is -0.480 e. The molecule has 0 spiro atoms. The molecule has 0 aliphatic carbocycles. The average Bonchev–Trinajstić information content (AvgIpc) is 2.79. The van der Waals surface area contributed by atoms with Crippen molar-refractivity contribution in [3.63, 3.8) is 0 Å². The molecule has 14 nitrogen and oxygen atoms in total. The van der Waals surface area contributed by atoms with Gasteiger partial charge in [-0.2, -0.15) is 0 Å². The fourth-order valence-corrected chi connectivity index (χ4v) is 3.12. The molecule has 0 unspecified atom stereocenters. The van der Waals surface area contributed by atoms with E-state index < -0.39 is 47.9 Å². The fraction of sp³-hybridized carbons (Fsp3) is 0.762. The summed E-state index contributed by atoms with van der Waals surface area (Å²) in [5.74, 6) is -3.07. The van der Waals surface area contributed by atoms with Crippen molar-refractivity contribution in [3.05, 3.63) is 0 Å². The molecular weight excluding hydrogens is 458 g/mol. The number of aliphatic carboxylic acids is 1. The number of hydrogen-bond donors (Lipinski definition) is 9. The van der Waals surface area contributed by atoms with Crippen LogP contribution in [0.2, 0.25) is 0 Å². The topological polar surface area (TPSA) is 267 Å². The highest BCUT2D eigenvalue weighted by molar-refractivity contribution is 5.93. The van der Waals surface area contributed by atoms with Gasteiger partial charge < -0.3 is 49.7 Å². The van der Waals surface area contributed by atoms with Gasteiger partial charge in [-0.1, -0.05) is 6.42 Å². The minimum absolute atomic E-state index is 0.0931. The van der Waals surface area contributed by atoms with Crippen molar-refractivity contribution in [3.8, 4) is 0 Å². The second-order valence-corrected chi connectivity index (χ2v) is 8.32. The number of nitrogens with two attached hydrogens (primary N) is 5. The summed E-state index contributed by atoms with van der Waals surface area (Å²) < 4.78 is 0. The van der Waals surface area contributed by atoms with Gasteiger partial charge in [0.15, 0.2) is 5.96 Å². The fourth-order valence-electron chi connectivity index (χ4n) is 3.12. The Labute approximate surface area is 206 Å². The molecule has 0 rings (SSSR count). The molecule has 0 aliphatic rings. The number of carbonyl (C=O) groups excluding carboxylic acids is 3. The molecule has 0 saturated heterocycles. The van der Waals surface area contributed by atoms with Crippen LogP contribution in [0.25, 0.3) is 0 Å². The summed E-state index contributed by atoms with van der Waals surface area (Å²) in [6, 6.07) is -3.93. The normalized spacial score (nSPS) is 14.2. The van der Waals surface area contributed by atoms with E-state index in [0.717, 1.165) is 6.42 Å². The molecule has 0 aromatic carbocycles. The molecule has 202 valence electrons. The van der Waals surface area contributed by atoms with E-state index in [-0.39, 0.29) is 25.3 Å². The lowest BCUT2D eigenvalue weighted by molar-refractivity contribution is -0.142. The summed E-state index contributed by atoms with van der Waals surface area (Å²) in [6.07, 6.45) is 3.67. The quantitative estimate of drug-likeness (QED) is 0.0497. The molecular formula is C21H43N9O5. The predicted molar refractivity (Wildman–Crippen MR) is 133 cm³/mol. The van der Waals surface area contributed by atoms with Gasteiger partial charge in [0.1, 0.15) is 18.1 Å². The highest BCUT2D eigenvalue weighted by Gasteiger charge is 2.28. The molecule has 0 aliphatic heterocycles. The van der Waals surface area contributed by atoms with Crippen molar-refractivity contribution in [2.24, 2.45) is 33.7 Å². The molecule has 0 bridgehead atoms. The first-order chi connectivity index (χ1) is 16.5. The molecule has 14 heteroatoms. The number of unbranched alkanes of at least 4 members (excludes halogenated alkanes) is 2. The van der Waals surface area contributed by atoms with Gasteiger partial charge in [-0.15, -0.1) is 0 Å². The average molecular weight is 502 g/mol. The van der Waals surface area contributed by atoms with E-state index in [9.17, 15) is 24.3 Å². The molecule has 3 amide bonds. The Morgan fingerprint density at radius 3 is 1.86 bits per heavy atom. The molecule has 0 heterocycles. The summed E-state index contributed by atoms with van der Waals surface area (Å²) in [5, 5.41) is 17.0. The number of nitrogens with one attached hydrogen (secondary N) is 3. The third-order valence-electron chi connectivity index (χ3n) is 5.20. The van der Waals surface area contributed by atoms with Crippen LogP contribution in [0.4, 0.5) is 0 Å². The summed E-state index contributed by atoms with van der Waals surface area (Å²) in [4.78, 5) is 53.1. The van der Waals surface area contributed by atoms with E-state index in [1.54, 1.807) is 0 Å². The molecule has 0 aromatic rings. The van der Waals surface area contributed by atoms with Gasteiger partial charge in [-0.05, 0) is 65.0 Å². The van der Waals surface area contributed by atoms with E-state index in [1.807, 2.05) is 0 Å². The first kappa shape index (κ1) is 32.0. The number of rotatable bonds is 19. The number of carbonyl (C=O) groups is 4. The van der Waals surface area contributed by atoms with E-state index >= 15 is 0 Å². The molecule has 4 atom stereocenters. The van der Waals surface area contributed by atoms with Crippen molar-refractivity contribution in [1.82, 2.24) is 16.0 Å². The monoisotopic (exact) mass is 501 g/mol. The largest absolute Gasteiger partial charge is 0.480 e. The number of guanidine groups is 1. The molecule has 35 heavy (non-hydrogen) atoms. The van der Waals surface area contributed by atoms with E-state index in [1.165, 1.54) is 6.92 Å². The van der Waals surface area contributed by atoms with E-state index in [0.29, 0.717) is 45.2 Å². The predicted octanol–water partition coefficient (Wildman–Crippen LogP) is -2.82. The third-order valence-corrected chi connectivity index (χ3v) is 5.20. The summed E-state index contributed by atoms with van der Waals surface area (Å²) in [6.45, 7) is 2.59. The Morgan fingerprint density at radius 2 is 1.31 bits per heavy atom. The smallest absolute Gasteiger partial charge is 0.326 e. The van der Waals surface area contributed by atoms with Crippen LogP contribution < -0.4 is 44.6 Å². The van der Waals surface area contributed by atoms with Gasteiger partial charge in [0, 0.05) is 6.54 Å². The highest BCUT2D eigenvalue weighted by Crippen LogP contribution is 2.05. The van der Waals surface area contributed by atoms with Gasteiger partial charge in [-0.3, -0.25) is 19.4 Å². The van der Waals surface area contributed by atoms with Crippen LogP contribution in [0, 0.1) is 0 Å². The third kappa shape index (κ3) is 14.8. The van der Waals surface area contributed by atoms with Crippen LogP contribution in [0.1, 0.15) is 58.3 Å². The number of hydrogen-bond acceptors (Lipinski definition) is 8. The molecule has 0 fully saturated rings. The Balaban J connectivity index is 5.06. The SMILES string of the molecule is C[C@H](NC(=O)[C@@H](N)CCCCN)C(=O)N[C@@H](CCCCN)C(=O)N[C@@H](CCCN=C(N)N)C(=O)O. The summed E-state index contributed by atoms with van der Waals surface area (Å²) in [5.41, 5.74) is 27.3. The van der Waals surface area contributed by atoms with E-state index in [2.05, 4.69) is 20.9 Å². The van der Waals surface area contributed by atoms with Gasteiger partial charge in [0.25, 0.3) is 0 Å². The Bertz CT molecular complexity index is 701. The van der Waals surface area contributed by atoms with Crippen LogP contribution in [-0.4, -0.2) is 78.6 Å². The first-order valence-electron chi connectivity index (χ1n) is 11.9. The Morgan fingerprint density at radius 1 is 0.771 bits per heavy atom. The molecule has 0 saturated carbocycles. The number of carboxylic acid groups (broad SMARTS) is 1. The molecule has 0 radical (unpaired) electrons. The second-order valence-electron chi connectivity index (χ2n) is 8.32. The number of aliphatic imine (C=N–C) groups is 1. The maximum atomic E-state index is 12.8. The maximum Gasteiger partial charge on any atom is 0.326 e. The lowest BCUT2D eigenvalue weighted by Gasteiger charge is -2.24. The van der Waals surface area contributed by atoms with Crippen molar-refractivity contribution in [1.29, 1.82) is 0 Å². The zero-order valence-electron chi connectivity index (χ0n) is 20.5. The Hall–Kier alpha value is -2.97. The zero-order chi connectivity index (χ0) is 26.8. The van der Waals surface area contributed by atoms with Gasteiger partial charge >= 0.3 is 5.97 Å². The van der Waals surface area contributed by atoms with Crippen molar-refractivity contribution >= 4 is 29.7 Å². The molecule has 0 aromatic heterocycles. The summed E-state index contributed by atoms with van der Waals surface area (Å²) in [7, 11) is 0. The van der Waals surface area contributed by atoms with Crippen molar-refractivity contribution in [2.45, 2.75) is 82.5 Å². The minimum atomic E-state index is -1.22. The first-order valence-corrected chi connectivity index (χ1v) is 11.9.